The van der Waals surface area contributed by atoms with Crippen molar-refractivity contribution in [2.24, 2.45) is 17.6 Å². The molecule has 3 heterocycles. The molecule has 45 heavy (non-hydrogen) atoms. The van der Waals surface area contributed by atoms with Crippen LogP contribution >= 0.6 is 34.8 Å². The number of fused-ring (bicyclic) bond motifs is 3. The molecular formula is C34H36Cl3N7O. The van der Waals surface area contributed by atoms with Gasteiger partial charge >= 0.3 is 0 Å². The largest absolute Gasteiger partial charge is 0.388 e. The molecule has 11 heteroatoms. The molecule has 6 rings (SSSR count). The Hall–Kier alpha value is -3.64. The number of allylic oxidation sites excluding steroid dienone is 2. The molecular weight excluding hydrogens is 629 g/mol. The third-order valence-corrected chi connectivity index (χ3v) is 10.0. The summed E-state index contributed by atoms with van der Waals surface area (Å²) in [6, 6.07) is 9.79. The monoisotopic (exact) mass is 663 g/mol. The van der Waals surface area contributed by atoms with Gasteiger partial charge in [0, 0.05) is 65.2 Å². The van der Waals surface area contributed by atoms with Crippen LogP contribution in [0.2, 0.25) is 5.02 Å². The minimum atomic E-state index is -0.727. The molecule has 2 unspecified atom stereocenters. The number of nitrogens with two attached hydrogens (primary N) is 1. The fourth-order valence-corrected chi connectivity index (χ4v) is 7.11. The van der Waals surface area contributed by atoms with Crippen molar-refractivity contribution in [2.45, 2.75) is 62.9 Å². The maximum Gasteiger partial charge on any atom is 0.227 e. The van der Waals surface area contributed by atoms with E-state index in [2.05, 4.69) is 38.8 Å². The highest BCUT2D eigenvalue weighted by atomic mass is 35.5. The Labute approximate surface area is 279 Å². The molecule has 1 saturated carbocycles. The fourth-order valence-electron chi connectivity index (χ4n) is 6.47. The fraction of sp³-hybridized carbons (Fsp3) is 0.382. The number of anilines is 1. The van der Waals surface area contributed by atoms with Gasteiger partial charge in [0.1, 0.15) is 10.6 Å². The van der Waals surface area contributed by atoms with Gasteiger partial charge in [-0.05, 0) is 62.4 Å². The van der Waals surface area contributed by atoms with Gasteiger partial charge < -0.3 is 32.0 Å². The van der Waals surface area contributed by atoms with Crippen LogP contribution in [0.5, 0.6) is 0 Å². The van der Waals surface area contributed by atoms with Crippen molar-refractivity contribution in [3.63, 3.8) is 0 Å². The number of carbonyl (C=O) groups excluding carboxylic acids is 1. The molecule has 1 aromatic carbocycles. The predicted molar refractivity (Wildman–Crippen MR) is 181 cm³/mol. The van der Waals surface area contributed by atoms with Crippen LogP contribution in [0.3, 0.4) is 0 Å². The lowest BCUT2D eigenvalue weighted by molar-refractivity contribution is -0.123. The van der Waals surface area contributed by atoms with Crippen molar-refractivity contribution in [1.82, 2.24) is 20.5 Å². The van der Waals surface area contributed by atoms with E-state index in [0.29, 0.717) is 34.8 Å². The number of rotatable bonds is 7. The molecule has 0 radical (unpaired) electrons. The first-order valence-electron chi connectivity index (χ1n) is 15.3. The average Bonchev–Trinajstić information content (AvgIpc) is 2.98. The zero-order valence-corrected chi connectivity index (χ0v) is 27.2. The predicted octanol–water partition coefficient (Wildman–Crippen LogP) is 6.55. The second-order valence-corrected chi connectivity index (χ2v) is 13.5. The van der Waals surface area contributed by atoms with Crippen molar-refractivity contribution in [2.75, 3.05) is 11.9 Å². The van der Waals surface area contributed by atoms with E-state index in [1.54, 1.807) is 12.3 Å². The summed E-state index contributed by atoms with van der Waals surface area (Å²) in [7, 11) is 0. The molecule has 2 bridgehead atoms. The van der Waals surface area contributed by atoms with E-state index in [-0.39, 0.29) is 28.9 Å². The summed E-state index contributed by atoms with van der Waals surface area (Å²) in [5, 5.41) is 19.3. The van der Waals surface area contributed by atoms with Crippen molar-refractivity contribution >= 4 is 58.3 Å². The highest BCUT2D eigenvalue weighted by Crippen LogP contribution is 2.52. The molecule has 234 valence electrons. The smallest absolute Gasteiger partial charge is 0.227 e. The topological polar surface area (TPSA) is 119 Å². The van der Waals surface area contributed by atoms with Gasteiger partial charge in [0.05, 0.1) is 34.1 Å². The van der Waals surface area contributed by atoms with Crippen LogP contribution in [0.1, 0.15) is 68.3 Å². The zero-order chi connectivity index (χ0) is 31.7. The standard InChI is InChI=1S/C34H36Cl3N7O/c1-20-4-2-7-29(27-14-21(11-13-40-27)32(42-24-5-3-6-24)28(16-38)43-33(20)45)44-18-22-10-12-34(22,30(36)19-44)25-15-23(35)8-9-26(25)41-17-31(37)39/h8-9,11,13-17,19-20,22,24,29,38,41-42H,2-7,18,39H2,1H3,(H,43,45)/b31-17-,32-28+,38-16?/t20-,22?,29+,34?/m1/s1. The zero-order valence-electron chi connectivity index (χ0n) is 25.0. The molecule has 2 aliphatic heterocycles. The van der Waals surface area contributed by atoms with Crippen molar-refractivity contribution in [3.05, 3.63) is 86.7 Å². The number of hydrogen-bond donors (Lipinski definition) is 5. The third kappa shape index (κ3) is 6.14. The SMILES string of the molecule is C[C@@H]1CCC[C@H](N2C=C(Cl)C3(c4cc(Cl)ccc4N/C=C(\N)Cl)C#CC3C2)c2cc(ccn2)/C(NC2CCC2)=C(/C=N)NC1=O. The highest BCUT2D eigenvalue weighted by molar-refractivity contribution is 6.32. The van der Waals surface area contributed by atoms with Gasteiger partial charge in [-0.1, -0.05) is 60.0 Å². The van der Waals surface area contributed by atoms with Crippen LogP contribution in [0.15, 0.2) is 64.8 Å². The van der Waals surface area contributed by atoms with Gasteiger partial charge in [0.15, 0.2) is 0 Å². The minimum Gasteiger partial charge on any atom is -0.388 e. The lowest BCUT2D eigenvalue weighted by Crippen LogP contribution is -2.50. The number of carbonyl (C=O) groups is 1. The Morgan fingerprint density at radius 2 is 2.00 bits per heavy atom. The number of benzene rings is 1. The molecule has 1 fully saturated rings. The quantitative estimate of drug-likeness (QED) is 0.130. The number of pyridine rings is 1. The van der Waals surface area contributed by atoms with Crippen LogP contribution in [0.25, 0.3) is 5.70 Å². The summed E-state index contributed by atoms with van der Waals surface area (Å²) in [4.78, 5) is 20.3. The van der Waals surface area contributed by atoms with Crippen LogP contribution in [-0.2, 0) is 10.2 Å². The Bertz CT molecular complexity index is 1670. The van der Waals surface area contributed by atoms with E-state index >= 15 is 0 Å². The molecule has 0 saturated heterocycles. The summed E-state index contributed by atoms with van der Waals surface area (Å²) in [6.45, 7) is 2.57. The van der Waals surface area contributed by atoms with Crippen LogP contribution < -0.4 is 21.7 Å². The number of nitrogens with zero attached hydrogens (tertiary/aromatic N) is 2. The van der Waals surface area contributed by atoms with Gasteiger partial charge in [0.25, 0.3) is 0 Å². The van der Waals surface area contributed by atoms with E-state index in [0.717, 1.165) is 60.3 Å². The Balaban J connectivity index is 1.39. The normalized spacial score (nSPS) is 28.4. The second-order valence-electron chi connectivity index (χ2n) is 12.2. The first-order valence-corrected chi connectivity index (χ1v) is 16.5. The van der Waals surface area contributed by atoms with Gasteiger partial charge in [-0.15, -0.1) is 0 Å². The number of halogens is 3. The Kier molecular flexibility index (Phi) is 9.05. The molecule has 0 spiro atoms. The first kappa shape index (κ1) is 31.3. The number of aromatic nitrogens is 1. The van der Waals surface area contributed by atoms with Gasteiger partial charge in [-0.2, -0.15) is 0 Å². The van der Waals surface area contributed by atoms with Crippen molar-refractivity contribution in [1.29, 1.82) is 5.41 Å². The lowest BCUT2D eigenvalue weighted by atomic mass is 9.63. The Morgan fingerprint density at radius 3 is 2.67 bits per heavy atom. The lowest BCUT2D eigenvalue weighted by Gasteiger charge is -2.48. The summed E-state index contributed by atoms with van der Waals surface area (Å²) in [5.41, 5.74) is 9.60. The van der Waals surface area contributed by atoms with E-state index < -0.39 is 5.41 Å². The van der Waals surface area contributed by atoms with Gasteiger partial charge in [-0.25, -0.2) is 0 Å². The summed E-state index contributed by atoms with van der Waals surface area (Å²) in [5.74, 6) is 6.34. The molecule has 4 aliphatic rings. The summed E-state index contributed by atoms with van der Waals surface area (Å²) < 4.78 is 0. The molecule has 4 atom stereocenters. The highest BCUT2D eigenvalue weighted by Gasteiger charge is 2.51. The summed E-state index contributed by atoms with van der Waals surface area (Å²) in [6.07, 6.45) is 12.1. The van der Waals surface area contributed by atoms with Crippen LogP contribution in [0, 0.1) is 29.1 Å². The van der Waals surface area contributed by atoms with Crippen LogP contribution in [-0.4, -0.2) is 34.6 Å². The second kappa shape index (κ2) is 13.0. The number of hydrogen-bond acceptors (Lipinski definition) is 7. The molecule has 2 aliphatic carbocycles. The molecule has 2 aromatic rings. The molecule has 8 nitrogen and oxygen atoms in total. The maximum absolute atomic E-state index is 13.2. The Morgan fingerprint density at radius 1 is 1.20 bits per heavy atom. The van der Waals surface area contributed by atoms with Crippen molar-refractivity contribution in [3.8, 4) is 11.8 Å². The van der Waals surface area contributed by atoms with E-state index in [1.807, 2.05) is 31.3 Å². The average molecular weight is 665 g/mol. The van der Waals surface area contributed by atoms with Crippen LogP contribution in [0.4, 0.5) is 5.69 Å². The number of nitrogens with one attached hydrogen (secondary N) is 4. The van der Waals surface area contributed by atoms with Crippen molar-refractivity contribution < 1.29 is 4.79 Å². The molecule has 6 N–H and O–H groups in total. The van der Waals surface area contributed by atoms with E-state index in [4.69, 9.17) is 50.9 Å². The third-order valence-electron chi connectivity index (χ3n) is 9.29. The molecule has 1 amide bonds. The van der Waals surface area contributed by atoms with Gasteiger partial charge in [0.2, 0.25) is 5.91 Å². The van der Waals surface area contributed by atoms with E-state index in [1.165, 1.54) is 12.4 Å². The minimum absolute atomic E-state index is 0.0834. The maximum atomic E-state index is 13.2. The first-order chi connectivity index (χ1) is 21.7. The van der Waals surface area contributed by atoms with Gasteiger partial charge in [-0.3, -0.25) is 9.78 Å². The van der Waals surface area contributed by atoms with E-state index in [9.17, 15) is 4.79 Å². The molecule has 1 aromatic heterocycles. The number of amides is 1. The summed E-state index contributed by atoms with van der Waals surface area (Å²) >= 11 is 19.6.